The largest absolute Gasteiger partial charge is 0.442 e. The van der Waals surface area contributed by atoms with Gasteiger partial charge in [0.15, 0.2) is 0 Å². The second-order valence-corrected chi connectivity index (χ2v) is 7.52. The maximum Gasteiger partial charge on any atom is 0.265 e. The number of carbonyl (C=O) groups is 1. The molecule has 0 spiro atoms. The summed E-state index contributed by atoms with van der Waals surface area (Å²) in [6, 6.07) is 0.236. The van der Waals surface area contributed by atoms with Crippen molar-refractivity contribution in [2.45, 2.75) is 65.5 Å². The molecule has 0 aromatic carbocycles. The lowest BCUT2D eigenvalue weighted by Crippen LogP contribution is -2.39. The lowest BCUT2D eigenvalue weighted by Gasteiger charge is -2.31. The Balaban J connectivity index is 2.03. The minimum atomic E-state index is -0.198. The Morgan fingerprint density at radius 2 is 2.04 bits per heavy atom. The Morgan fingerprint density at radius 1 is 1.36 bits per heavy atom. The molecule has 6 heteroatoms. The molecule has 1 amide bonds. The van der Waals surface area contributed by atoms with Crippen molar-refractivity contribution in [2.75, 3.05) is 7.05 Å². The van der Waals surface area contributed by atoms with E-state index in [0.717, 1.165) is 25.7 Å². The molecular weight excluding hydrogens is 318 g/mol. The van der Waals surface area contributed by atoms with E-state index in [0.29, 0.717) is 29.2 Å². The van der Waals surface area contributed by atoms with Crippen molar-refractivity contribution < 1.29 is 9.21 Å². The molecule has 0 bridgehead atoms. The van der Waals surface area contributed by atoms with Crippen molar-refractivity contribution in [1.82, 2.24) is 14.5 Å². The van der Waals surface area contributed by atoms with Crippen LogP contribution in [0, 0.1) is 12.8 Å². The molecule has 1 aliphatic carbocycles. The van der Waals surface area contributed by atoms with Crippen molar-refractivity contribution in [3.63, 3.8) is 0 Å². The first-order valence-corrected chi connectivity index (χ1v) is 9.15. The number of aryl methyl sites for hydroxylation is 1. The smallest absolute Gasteiger partial charge is 0.265 e. The Labute approximate surface area is 147 Å². The lowest BCUT2D eigenvalue weighted by molar-refractivity contribution is 0.0696. The zero-order chi connectivity index (χ0) is 18.1. The molecule has 25 heavy (non-hydrogen) atoms. The first kappa shape index (κ1) is 17.7. The molecule has 2 aromatic rings. The lowest BCUT2D eigenvalue weighted by atomic mass is 9.94. The van der Waals surface area contributed by atoms with Gasteiger partial charge in [-0.05, 0) is 25.7 Å². The van der Waals surface area contributed by atoms with Gasteiger partial charge >= 0.3 is 0 Å². The standard InChI is InChI=1S/C19H27N3O3/c1-12(2)10-22-11-20-17-16(19(22)24)15(13(3)25-17)18(23)21(4)14-8-6-5-7-9-14/h11-12,14H,5-10H2,1-4H3. The highest BCUT2D eigenvalue weighted by Gasteiger charge is 2.29. The molecule has 3 rings (SSSR count). The van der Waals surface area contributed by atoms with Crippen LogP contribution in [0.15, 0.2) is 15.5 Å². The molecule has 2 aromatic heterocycles. The molecule has 0 radical (unpaired) electrons. The van der Waals surface area contributed by atoms with Gasteiger partial charge in [0.2, 0.25) is 5.71 Å². The van der Waals surface area contributed by atoms with Crippen LogP contribution in [-0.2, 0) is 6.54 Å². The molecule has 0 atom stereocenters. The van der Waals surface area contributed by atoms with Gasteiger partial charge < -0.3 is 9.32 Å². The van der Waals surface area contributed by atoms with Crippen LogP contribution in [0.5, 0.6) is 0 Å². The van der Waals surface area contributed by atoms with E-state index < -0.39 is 0 Å². The summed E-state index contributed by atoms with van der Waals surface area (Å²) in [4.78, 5) is 32.1. The molecular formula is C19H27N3O3. The van der Waals surface area contributed by atoms with Gasteiger partial charge in [-0.15, -0.1) is 0 Å². The van der Waals surface area contributed by atoms with Gasteiger partial charge in [0, 0.05) is 19.6 Å². The fourth-order valence-corrected chi connectivity index (χ4v) is 3.73. The SMILES string of the molecule is Cc1oc2ncn(CC(C)C)c(=O)c2c1C(=O)N(C)C1CCCCC1. The van der Waals surface area contributed by atoms with Crippen LogP contribution >= 0.6 is 0 Å². The predicted molar refractivity (Wildman–Crippen MR) is 96.8 cm³/mol. The highest BCUT2D eigenvalue weighted by atomic mass is 16.3. The minimum Gasteiger partial charge on any atom is -0.442 e. The monoisotopic (exact) mass is 345 g/mol. The third-order valence-corrected chi connectivity index (χ3v) is 5.07. The molecule has 0 saturated heterocycles. The summed E-state index contributed by atoms with van der Waals surface area (Å²) in [5.41, 5.74) is 0.428. The number of hydrogen-bond acceptors (Lipinski definition) is 4. The summed E-state index contributed by atoms with van der Waals surface area (Å²) in [5.74, 6) is 0.646. The number of rotatable bonds is 4. The number of carbonyl (C=O) groups excluding carboxylic acids is 1. The normalized spacial score (nSPS) is 15.9. The summed E-state index contributed by atoms with van der Waals surface area (Å²) in [6.07, 6.45) is 7.08. The van der Waals surface area contributed by atoms with Crippen LogP contribution in [0.3, 0.4) is 0 Å². The number of fused-ring (bicyclic) bond motifs is 1. The summed E-state index contributed by atoms with van der Waals surface area (Å²) in [6.45, 7) is 6.38. The van der Waals surface area contributed by atoms with Crippen LogP contribution < -0.4 is 5.56 Å². The van der Waals surface area contributed by atoms with Gasteiger partial charge in [-0.1, -0.05) is 33.1 Å². The Bertz CT molecular complexity index is 828. The molecule has 1 fully saturated rings. The van der Waals surface area contributed by atoms with Gasteiger partial charge in [0.25, 0.3) is 11.5 Å². The van der Waals surface area contributed by atoms with E-state index in [1.807, 2.05) is 20.9 Å². The van der Waals surface area contributed by atoms with E-state index in [2.05, 4.69) is 4.98 Å². The van der Waals surface area contributed by atoms with E-state index in [-0.39, 0.29) is 23.2 Å². The fraction of sp³-hybridized carbons (Fsp3) is 0.632. The number of amides is 1. The van der Waals surface area contributed by atoms with Gasteiger partial charge in [-0.3, -0.25) is 14.2 Å². The number of aromatic nitrogens is 2. The third kappa shape index (κ3) is 3.34. The van der Waals surface area contributed by atoms with Crippen molar-refractivity contribution in [1.29, 1.82) is 0 Å². The second kappa shape index (κ2) is 7.02. The van der Waals surface area contributed by atoms with Crippen molar-refractivity contribution in [3.8, 4) is 0 Å². The van der Waals surface area contributed by atoms with Crippen LogP contribution in [-0.4, -0.2) is 33.4 Å². The van der Waals surface area contributed by atoms with Gasteiger partial charge in [0.1, 0.15) is 17.5 Å². The summed E-state index contributed by atoms with van der Waals surface area (Å²) in [7, 11) is 1.83. The van der Waals surface area contributed by atoms with E-state index in [9.17, 15) is 9.59 Å². The number of furan rings is 1. The average molecular weight is 345 g/mol. The number of hydrogen-bond donors (Lipinski definition) is 0. The van der Waals surface area contributed by atoms with Crippen molar-refractivity contribution in [3.05, 3.63) is 28.0 Å². The highest BCUT2D eigenvalue weighted by molar-refractivity contribution is 6.06. The van der Waals surface area contributed by atoms with Crippen molar-refractivity contribution in [2.24, 2.45) is 5.92 Å². The zero-order valence-electron chi connectivity index (χ0n) is 15.5. The molecule has 0 aliphatic heterocycles. The molecule has 136 valence electrons. The molecule has 1 saturated carbocycles. The van der Waals surface area contributed by atoms with Crippen molar-refractivity contribution >= 4 is 17.0 Å². The number of nitrogens with zero attached hydrogens (tertiary/aromatic N) is 3. The van der Waals surface area contributed by atoms with E-state index in [1.54, 1.807) is 16.4 Å². The summed E-state index contributed by atoms with van der Waals surface area (Å²) >= 11 is 0. The zero-order valence-corrected chi connectivity index (χ0v) is 15.5. The summed E-state index contributed by atoms with van der Waals surface area (Å²) in [5, 5.41) is 0.313. The quantitative estimate of drug-likeness (QED) is 0.852. The molecule has 0 N–H and O–H groups in total. The first-order valence-electron chi connectivity index (χ1n) is 9.15. The van der Waals surface area contributed by atoms with Gasteiger partial charge in [-0.25, -0.2) is 4.98 Å². The van der Waals surface area contributed by atoms with Crippen LogP contribution in [0.25, 0.3) is 11.1 Å². The predicted octanol–water partition coefficient (Wildman–Crippen LogP) is 3.36. The Kier molecular flexibility index (Phi) is 4.97. The van der Waals surface area contributed by atoms with Crippen LogP contribution in [0.2, 0.25) is 0 Å². The molecule has 2 heterocycles. The van der Waals surface area contributed by atoms with E-state index in [4.69, 9.17) is 4.42 Å². The minimum absolute atomic E-state index is 0.135. The fourth-order valence-electron chi connectivity index (χ4n) is 3.73. The Morgan fingerprint density at radius 3 is 2.68 bits per heavy atom. The van der Waals surface area contributed by atoms with Gasteiger partial charge in [0.05, 0.1) is 5.56 Å². The summed E-state index contributed by atoms with van der Waals surface area (Å²) < 4.78 is 7.20. The molecule has 0 unspecified atom stereocenters. The van der Waals surface area contributed by atoms with E-state index in [1.165, 1.54) is 12.7 Å². The maximum atomic E-state index is 13.1. The second-order valence-electron chi connectivity index (χ2n) is 7.52. The van der Waals surface area contributed by atoms with Crippen LogP contribution in [0.4, 0.5) is 0 Å². The topological polar surface area (TPSA) is 68.3 Å². The maximum absolute atomic E-state index is 13.1. The highest BCUT2D eigenvalue weighted by Crippen LogP contribution is 2.27. The van der Waals surface area contributed by atoms with Crippen LogP contribution in [0.1, 0.15) is 62.1 Å². The van der Waals surface area contributed by atoms with E-state index >= 15 is 0 Å². The molecule has 1 aliphatic rings. The average Bonchev–Trinajstić information content (AvgIpc) is 2.93. The first-order chi connectivity index (χ1) is 11.9. The van der Waals surface area contributed by atoms with Gasteiger partial charge in [-0.2, -0.15) is 0 Å². The Hall–Kier alpha value is -2.11. The third-order valence-electron chi connectivity index (χ3n) is 5.07. The molecule has 6 nitrogen and oxygen atoms in total.